The molecule has 0 aromatic heterocycles. The van der Waals surface area contributed by atoms with Crippen LogP contribution in [0, 0.1) is 23.7 Å². The van der Waals surface area contributed by atoms with Crippen LogP contribution in [-0.4, -0.2) is 36.7 Å². The fraction of sp³-hybridized carbons (Fsp3) is 0.500. The van der Waals surface area contributed by atoms with E-state index in [1.807, 2.05) is 25.1 Å². The summed E-state index contributed by atoms with van der Waals surface area (Å²) in [6.07, 6.45) is 1.47. The van der Waals surface area contributed by atoms with Gasteiger partial charge < -0.3 is 4.90 Å². The summed E-state index contributed by atoms with van der Waals surface area (Å²) in [7, 11) is 3.40. The number of hydrogen-bond donors (Lipinski definition) is 0. The van der Waals surface area contributed by atoms with E-state index in [2.05, 4.69) is 0 Å². The molecular weight excluding hydrogens is 292 g/mol. The number of nitrogens with zero attached hydrogens (tertiary/aromatic N) is 2. The van der Waals surface area contributed by atoms with Crippen molar-refractivity contribution in [1.29, 1.82) is 0 Å². The zero-order valence-corrected chi connectivity index (χ0v) is 13.7. The Kier molecular flexibility index (Phi) is 3.96. The Morgan fingerprint density at radius 1 is 1.04 bits per heavy atom. The van der Waals surface area contributed by atoms with E-state index in [0.29, 0.717) is 12.1 Å². The predicted octanol–water partition coefficient (Wildman–Crippen LogP) is 1.93. The second-order valence-corrected chi connectivity index (χ2v) is 6.79. The molecule has 0 bridgehead atoms. The molecule has 0 unspecified atom stereocenters. The van der Waals surface area contributed by atoms with Crippen molar-refractivity contribution in [3.63, 3.8) is 0 Å². The van der Waals surface area contributed by atoms with Crippen LogP contribution in [-0.2, 0) is 14.4 Å². The summed E-state index contributed by atoms with van der Waals surface area (Å²) >= 11 is 0. The van der Waals surface area contributed by atoms with Crippen LogP contribution < -0.4 is 4.90 Å². The largest absolute Gasteiger partial charge is 0.349 e. The van der Waals surface area contributed by atoms with Crippen molar-refractivity contribution in [2.75, 3.05) is 19.0 Å². The molecule has 1 aliphatic heterocycles. The molecule has 1 heterocycles. The fourth-order valence-electron chi connectivity index (χ4n) is 3.98. The highest BCUT2D eigenvalue weighted by atomic mass is 16.2. The van der Waals surface area contributed by atoms with Crippen LogP contribution in [0.4, 0.5) is 5.69 Å². The number of anilines is 1. The van der Waals surface area contributed by atoms with Gasteiger partial charge in [-0.1, -0.05) is 25.1 Å². The molecule has 3 amide bonds. The van der Waals surface area contributed by atoms with Gasteiger partial charge in [0.05, 0.1) is 23.4 Å². The van der Waals surface area contributed by atoms with Crippen molar-refractivity contribution < 1.29 is 14.4 Å². The summed E-state index contributed by atoms with van der Waals surface area (Å²) in [5.41, 5.74) is 0.597. The van der Waals surface area contributed by atoms with E-state index < -0.39 is 11.8 Å². The van der Waals surface area contributed by atoms with Crippen molar-refractivity contribution >= 4 is 23.4 Å². The average molecular weight is 314 g/mol. The third-order valence-corrected chi connectivity index (χ3v) is 5.15. The van der Waals surface area contributed by atoms with Gasteiger partial charge in [-0.3, -0.25) is 19.3 Å². The lowest BCUT2D eigenvalue weighted by Gasteiger charge is -2.35. The maximum Gasteiger partial charge on any atom is 0.238 e. The van der Waals surface area contributed by atoms with E-state index in [1.165, 1.54) is 9.80 Å². The van der Waals surface area contributed by atoms with Crippen LogP contribution in [0.2, 0.25) is 0 Å². The van der Waals surface area contributed by atoms with Gasteiger partial charge in [0.2, 0.25) is 17.7 Å². The second-order valence-electron chi connectivity index (χ2n) is 6.79. The Bertz CT molecular complexity index is 641. The highest BCUT2D eigenvalue weighted by Gasteiger charge is 2.57. The summed E-state index contributed by atoms with van der Waals surface area (Å²) in [6.45, 7) is 2.01. The average Bonchev–Trinajstić information content (AvgIpc) is 2.80. The molecule has 0 radical (unpaired) electrons. The number of amides is 3. The molecule has 122 valence electrons. The SMILES string of the molecule is C[C@@H]1CC[C@H](C(=O)N(C)C)[C@H]2C(=O)N(c3ccccc3)C(=O)[C@H]21. The third kappa shape index (κ3) is 2.44. The minimum atomic E-state index is -0.527. The maximum atomic E-state index is 13.0. The molecule has 3 rings (SSSR count). The first-order chi connectivity index (χ1) is 10.9. The normalized spacial score (nSPS) is 30.3. The number of para-hydroxylation sites is 1. The molecule has 2 aliphatic rings. The summed E-state index contributed by atoms with van der Waals surface area (Å²) < 4.78 is 0. The Labute approximate surface area is 136 Å². The first-order valence-corrected chi connectivity index (χ1v) is 8.07. The number of rotatable bonds is 2. The van der Waals surface area contributed by atoms with Crippen LogP contribution in [0.3, 0.4) is 0 Å². The third-order valence-electron chi connectivity index (χ3n) is 5.15. The molecule has 5 heteroatoms. The van der Waals surface area contributed by atoms with Crippen molar-refractivity contribution in [3.8, 4) is 0 Å². The highest BCUT2D eigenvalue weighted by molar-refractivity contribution is 6.23. The van der Waals surface area contributed by atoms with Crippen molar-refractivity contribution in [2.24, 2.45) is 23.7 Å². The molecule has 1 saturated carbocycles. The van der Waals surface area contributed by atoms with Gasteiger partial charge in [-0.05, 0) is 30.9 Å². The number of fused-ring (bicyclic) bond motifs is 1. The minimum Gasteiger partial charge on any atom is -0.349 e. The second kappa shape index (κ2) is 5.80. The highest BCUT2D eigenvalue weighted by Crippen LogP contribution is 2.46. The number of carbonyl (C=O) groups excluding carboxylic acids is 3. The molecule has 1 aliphatic carbocycles. The smallest absolute Gasteiger partial charge is 0.238 e. The van der Waals surface area contributed by atoms with Gasteiger partial charge in [0.25, 0.3) is 0 Å². The Balaban J connectivity index is 2.00. The van der Waals surface area contributed by atoms with E-state index in [9.17, 15) is 14.4 Å². The number of hydrogen-bond acceptors (Lipinski definition) is 3. The van der Waals surface area contributed by atoms with Gasteiger partial charge in [-0.2, -0.15) is 0 Å². The molecule has 0 N–H and O–H groups in total. The standard InChI is InChI=1S/C18H22N2O3/c1-11-9-10-13(16(21)19(2)3)15-14(11)17(22)20(18(15)23)12-7-5-4-6-8-12/h4-8,11,13-15H,9-10H2,1-3H3/t11-,13+,14+,15-/m1/s1. The Hall–Kier alpha value is -2.17. The van der Waals surface area contributed by atoms with Gasteiger partial charge >= 0.3 is 0 Å². The van der Waals surface area contributed by atoms with Gasteiger partial charge in [0.1, 0.15) is 0 Å². The summed E-state index contributed by atoms with van der Waals surface area (Å²) in [5, 5.41) is 0. The van der Waals surface area contributed by atoms with Crippen molar-refractivity contribution in [1.82, 2.24) is 4.90 Å². The van der Waals surface area contributed by atoms with E-state index >= 15 is 0 Å². The van der Waals surface area contributed by atoms with Crippen LogP contribution in [0.15, 0.2) is 30.3 Å². The lowest BCUT2D eigenvalue weighted by Crippen LogP contribution is -2.43. The molecule has 2 fully saturated rings. The zero-order valence-electron chi connectivity index (χ0n) is 13.7. The van der Waals surface area contributed by atoms with E-state index in [4.69, 9.17) is 0 Å². The topological polar surface area (TPSA) is 57.7 Å². The van der Waals surface area contributed by atoms with E-state index in [1.54, 1.807) is 26.2 Å². The molecule has 1 saturated heterocycles. The van der Waals surface area contributed by atoms with Gasteiger partial charge in [-0.25, -0.2) is 0 Å². The maximum absolute atomic E-state index is 13.0. The first kappa shape index (κ1) is 15.7. The van der Waals surface area contributed by atoms with Crippen LogP contribution >= 0.6 is 0 Å². The number of carbonyl (C=O) groups is 3. The van der Waals surface area contributed by atoms with Crippen molar-refractivity contribution in [2.45, 2.75) is 19.8 Å². The first-order valence-electron chi connectivity index (χ1n) is 8.07. The number of benzene rings is 1. The molecule has 1 aromatic carbocycles. The lowest BCUT2D eigenvalue weighted by atomic mass is 9.68. The summed E-state index contributed by atoms with van der Waals surface area (Å²) in [4.78, 5) is 41.1. The van der Waals surface area contributed by atoms with Crippen LogP contribution in [0.1, 0.15) is 19.8 Å². The van der Waals surface area contributed by atoms with Crippen LogP contribution in [0.25, 0.3) is 0 Å². The van der Waals surface area contributed by atoms with Crippen LogP contribution in [0.5, 0.6) is 0 Å². The van der Waals surface area contributed by atoms with E-state index in [-0.39, 0.29) is 29.6 Å². The van der Waals surface area contributed by atoms with Gasteiger partial charge in [-0.15, -0.1) is 0 Å². The monoisotopic (exact) mass is 314 g/mol. The van der Waals surface area contributed by atoms with E-state index in [0.717, 1.165) is 6.42 Å². The quantitative estimate of drug-likeness (QED) is 0.784. The van der Waals surface area contributed by atoms with Gasteiger partial charge in [0.15, 0.2) is 0 Å². The number of imide groups is 1. The summed E-state index contributed by atoms with van der Waals surface area (Å²) in [6, 6.07) is 9.00. The molecule has 5 nitrogen and oxygen atoms in total. The molecule has 1 aromatic rings. The summed E-state index contributed by atoms with van der Waals surface area (Å²) in [5.74, 6) is -1.62. The predicted molar refractivity (Wildman–Crippen MR) is 86.5 cm³/mol. The Morgan fingerprint density at radius 2 is 1.65 bits per heavy atom. The lowest BCUT2D eigenvalue weighted by molar-refractivity contribution is -0.142. The van der Waals surface area contributed by atoms with Gasteiger partial charge in [0, 0.05) is 14.1 Å². The molecule has 4 atom stereocenters. The fourth-order valence-corrected chi connectivity index (χ4v) is 3.98. The minimum absolute atomic E-state index is 0.0528. The molecule has 0 spiro atoms. The Morgan fingerprint density at radius 3 is 2.26 bits per heavy atom. The molecular formula is C18H22N2O3. The zero-order chi connectivity index (χ0) is 16.7. The molecule has 23 heavy (non-hydrogen) atoms. The van der Waals surface area contributed by atoms with Crippen molar-refractivity contribution in [3.05, 3.63) is 30.3 Å².